The maximum absolute atomic E-state index is 12.4. The van der Waals surface area contributed by atoms with Crippen LogP contribution in [-0.4, -0.2) is 43.9 Å². The van der Waals surface area contributed by atoms with E-state index in [1.165, 1.54) is 0 Å². The molecule has 24 heavy (non-hydrogen) atoms. The summed E-state index contributed by atoms with van der Waals surface area (Å²) < 4.78 is 5.71. The maximum atomic E-state index is 12.4. The number of fused-ring (bicyclic) bond motifs is 1. The molecule has 3 rings (SSSR count). The van der Waals surface area contributed by atoms with Crippen LogP contribution in [0.1, 0.15) is 15.9 Å². The molecule has 0 saturated carbocycles. The average Bonchev–Trinajstić information content (AvgIpc) is 2.62. The zero-order valence-corrected chi connectivity index (χ0v) is 13.7. The molecule has 0 fully saturated rings. The van der Waals surface area contributed by atoms with E-state index in [1.807, 2.05) is 48.3 Å². The number of carbonyl (C=O) groups excluding carboxylic acids is 1. The Balaban J connectivity index is 1.61. The summed E-state index contributed by atoms with van der Waals surface area (Å²) in [6.07, 6.45) is 0.777. The molecule has 1 heterocycles. The fraction of sp³-hybridized carbons (Fsp3) is 0.316. The standard InChI is InChI=1S/C19H22N2O3/c1-21(10-11-22)17-8-6-14(7-9-17)19(23)20-16-12-15-4-2-3-5-18(15)24-13-16/h2-9,16,22H,10-13H2,1H3,(H,20,23). The first-order valence-electron chi connectivity index (χ1n) is 8.11. The van der Waals surface area contributed by atoms with Crippen LogP contribution in [0, 0.1) is 0 Å². The van der Waals surface area contributed by atoms with Crippen LogP contribution in [0.5, 0.6) is 5.75 Å². The molecule has 0 bridgehead atoms. The van der Waals surface area contributed by atoms with Gasteiger partial charge in [-0.1, -0.05) is 18.2 Å². The van der Waals surface area contributed by atoms with Gasteiger partial charge in [-0.25, -0.2) is 0 Å². The van der Waals surface area contributed by atoms with Crippen molar-refractivity contribution in [3.8, 4) is 5.75 Å². The van der Waals surface area contributed by atoms with Gasteiger partial charge in [0.2, 0.25) is 0 Å². The van der Waals surface area contributed by atoms with E-state index >= 15 is 0 Å². The molecule has 0 aromatic heterocycles. The van der Waals surface area contributed by atoms with Gasteiger partial charge in [0.05, 0.1) is 12.6 Å². The lowest BCUT2D eigenvalue weighted by Gasteiger charge is -2.26. The molecule has 1 aliphatic heterocycles. The first-order chi connectivity index (χ1) is 11.7. The van der Waals surface area contributed by atoms with Gasteiger partial charge in [-0.05, 0) is 42.3 Å². The molecule has 0 spiro atoms. The highest BCUT2D eigenvalue weighted by Gasteiger charge is 2.21. The van der Waals surface area contributed by atoms with Crippen molar-refractivity contribution in [1.82, 2.24) is 5.32 Å². The van der Waals surface area contributed by atoms with E-state index in [2.05, 4.69) is 5.32 Å². The molecule has 2 aromatic carbocycles. The van der Waals surface area contributed by atoms with E-state index < -0.39 is 0 Å². The highest BCUT2D eigenvalue weighted by atomic mass is 16.5. The molecule has 0 aliphatic carbocycles. The van der Waals surface area contributed by atoms with Crippen molar-refractivity contribution in [2.45, 2.75) is 12.5 Å². The predicted molar refractivity (Wildman–Crippen MR) is 93.7 cm³/mol. The van der Waals surface area contributed by atoms with Gasteiger partial charge in [0.15, 0.2) is 0 Å². The Morgan fingerprint density at radius 1 is 1.25 bits per heavy atom. The number of nitrogens with zero attached hydrogens (tertiary/aromatic N) is 1. The number of likely N-dealkylation sites (N-methyl/N-ethyl adjacent to an activating group) is 1. The molecule has 0 radical (unpaired) electrons. The highest BCUT2D eigenvalue weighted by molar-refractivity contribution is 5.94. The van der Waals surface area contributed by atoms with Crippen LogP contribution in [0.4, 0.5) is 5.69 Å². The molecule has 5 heteroatoms. The predicted octanol–water partition coefficient (Wildman–Crippen LogP) is 1.85. The lowest BCUT2D eigenvalue weighted by molar-refractivity contribution is 0.0915. The van der Waals surface area contributed by atoms with Gasteiger partial charge in [-0.2, -0.15) is 0 Å². The Bertz CT molecular complexity index is 700. The number of aliphatic hydroxyl groups is 1. The van der Waals surface area contributed by atoms with Crippen LogP contribution in [0.2, 0.25) is 0 Å². The van der Waals surface area contributed by atoms with Crippen LogP contribution in [0.15, 0.2) is 48.5 Å². The molecular formula is C19H22N2O3. The van der Waals surface area contributed by atoms with Crippen LogP contribution < -0.4 is 15.0 Å². The van der Waals surface area contributed by atoms with E-state index in [9.17, 15) is 4.79 Å². The van der Waals surface area contributed by atoms with Crippen molar-refractivity contribution in [1.29, 1.82) is 0 Å². The van der Waals surface area contributed by atoms with Crippen LogP contribution >= 0.6 is 0 Å². The first-order valence-corrected chi connectivity index (χ1v) is 8.11. The number of hydrogen-bond donors (Lipinski definition) is 2. The van der Waals surface area contributed by atoms with Gasteiger partial charge in [0.1, 0.15) is 12.4 Å². The molecule has 1 unspecified atom stereocenters. The number of benzene rings is 2. The average molecular weight is 326 g/mol. The largest absolute Gasteiger partial charge is 0.491 e. The molecular weight excluding hydrogens is 304 g/mol. The summed E-state index contributed by atoms with van der Waals surface area (Å²) in [5.41, 5.74) is 2.71. The number of para-hydroxylation sites is 1. The highest BCUT2D eigenvalue weighted by Crippen LogP contribution is 2.24. The molecule has 2 N–H and O–H groups in total. The fourth-order valence-electron chi connectivity index (χ4n) is 2.84. The van der Waals surface area contributed by atoms with Crippen LogP contribution in [0.25, 0.3) is 0 Å². The molecule has 0 saturated heterocycles. The molecule has 1 amide bonds. The van der Waals surface area contributed by atoms with Crippen LogP contribution in [0.3, 0.4) is 0 Å². The van der Waals surface area contributed by atoms with E-state index in [-0.39, 0.29) is 18.6 Å². The third-order valence-corrected chi connectivity index (χ3v) is 4.22. The van der Waals surface area contributed by atoms with Crippen molar-refractivity contribution in [3.63, 3.8) is 0 Å². The van der Waals surface area contributed by atoms with E-state index in [4.69, 9.17) is 9.84 Å². The Morgan fingerprint density at radius 3 is 2.75 bits per heavy atom. The Morgan fingerprint density at radius 2 is 2.00 bits per heavy atom. The van der Waals surface area contributed by atoms with E-state index in [1.54, 1.807) is 12.1 Å². The van der Waals surface area contributed by atoms with E-state index in [0.717, 1.165) is 23.4 Å². The van der Waals surface area contributed by atoms with Crippen molar-refractivity contribution in [2.24, 2.45) is 0 Å². The van der Waals surface area contributed by atoms with Gasteiger partial charge in [0, 0.05) is 24.8 Å². The third-order valence-electron chi connectivity index (χ3n) is 4.22. The third kappa shape index (κ3) is 3.68. The number of ether oxygens (including phenoxy) is 1. The maximum Gasteiger partial charge on any atom is 0.251 e. The van der Waals surface area contributed by atoms with Crippen molar-refractivity contribution in [2.75, 3.05) is 31.7 Å². The number of anilines is 1. The summed E-state index contributed by atoms with van der Waals surface area (Å²) in [7, 11) is 1.90. The Kier molecular flexibility index (Phi) is 5.01. The molecule has 5 nitrogen and oxygen atoms in total. The van der Waals surface area contributed by atoms with Gasteiger partial charge in [0.25, 0.3) is 5.91 Å². The number of aliphatic hydroxyl groups excluding tert-OH is 1. The van der Waals surface area contributed by atoms with E-state index in [0.29, 0.717) is 18.7 Å². The lowest BCUT2D eigenvalue weighted by atomic mass is 10.0. The number of rotatable bonds is 5. The summed E-state index contributed by atoms with van der Waals surface area (Å²) in [5, 5.41) is 12.0. The number of carbonyl (C=O) groups is 1. The summed E-state index contributed by atoms with van der Waals surface area (Å²) in [6.45, 7) is 1.15. The SMILES string of the molecule is CN(CCO)c1ccc(C(=O)NC2COc3ccccc3C2)cc1. The normalized spacial score (nSPS) is 16.0. The second kappa shape index (κ2) is 7.36. The zero-order valence-electron chi connectivity index (χ0n) is 13.7. The minimum Gasteiger partial charge on any atom is -0.491 e. The van der Waals surface area contributed by atoms with Crippen molar-refractivity contribution >= 4 is 11.6 Å². The number of hydrogen-bond acceptors (Lipinski definition) is 4. The zero-order chi connectivity index (χ0) is 16.9. The summed E-state index contributed by atoms with van der Waals surface area (Å²) >= 11 is 0. The van der Waals surface area contributed by atoms with Gasteiger partial charge in [-0.15, -0.1) is 0 Å². The summed E-state index contributed by atoms with van der Waals surface area (Å²) in [6, 6.07) is 15.3. The minimum absolute atomic E-state index is 0.0239. The molecule has 1 atom stereocenters. The minimum atomic E-state index is -0.0978. The Labute approximate surface area is 141 Å². The lowest BCUT2D eigenvalue weighted by Crippen LogP contribution is -2.42. The second-order valence-electron chi connectivity index (χ2n) is 5.99. The Hall–Kier alpha value is -2.53. The number of amides is 1. The molecule has 126 valence electrons. The molecule has 2 aromatic rings. The quantitative estimate of drug-likeness (QED) is 0.880. The van der Waals surface area contributed by atoms with Gasteiger partial charge < -0.3 is 20.1 Å². The van der Waals surface area contributed by atoms with Gasteiger partial charge in [-0.3, -0.25) is 4.79 Å². The van der Waals surface area contributed by atoms with Crippen molar-refractivity contribution in [3.05, 3.63) is 59.7 Å². The van der Waals surface area contributed by atoms with Crippen LogP contribution in [-0.2, 0) is 6.42 Å². The first kappa shape index (κ1) is 16.3. The van der Waals surface area contributed by atoms with Crippen molar-refractivity contribution < 1.29 is 14.6 Å². The van der Waals surface area contributed by atoms with Gasteiger partial charge >= 0.3 is 0 Å². The monoisotopic (exact) mass is 326 g/mol. The molecule has 1 aliphatic rings. The topological polar surface area (TPSA) is 61.8 Å². The second-order valence-corrected chi connectivity index (χ2v) is 5.99. The summed E-state index contributed by atoms with van der Waals surface area (Å²) in [5.74, 6) is 0.804. The fourth-order valence-corrected chi connectivity index (χ4v) is 2.84. The smallest absolute Gasteiger partial charge is 0.251 e. The number of nitrogens with one attached hydrogen (secondary N) is 1. The summed E-state index contributed by atoms with van der Waals surface area (Å²) in [4.78, 5) is 14.3.